The Kier molecular flexibility index (Phi) is 7.80. The Morgan fingerprint density at radius 1 is 1.35 bits per heavy atom. The zero-order valence-electron chi connectivity index (χ0n) is 12.8. The molecule has 114 valence electrons. The second-order valence-corrected chi connectivity index (χ2v) is 6.21. The van der Waals surface area contributed by atoms with E-state index in [0.29, 0.717) is 18.1 Å². The van der Waals surface area contributed by atoms with Crippen molar-refractivity contribution in [2.24, 2.45) is 0 Å². The standard InChI is InChI=1S/C15H25NO3S/c1-5-16-12(2)13-6-7-15(19-4)14(10-13)11-20(17)9-8-18-3/h6-7,10,12,16H,5,8-9,11H2,1-4H3. The van der Waals surface area contributed by atoms with Crippen LogP contribution in [0.15, 0.2) is 18.2 Å². The summed E-state index contributed by atoms with van der Waals surface area (Å²) in [5.74, 6) is 1.84. The average molecular weight is 299 g/mol. The van der Waals surface area contributed by atoms with E-state index in [0.717, 1.165) is 17.9 Å². The van der Waals surface area contributed by atoms with Crippen molar-refractivity contribution in [3.63, 3.8) is 0 Å². The fraction of sp³-hybridized carbons (Fsp3) is 0.600. The normalized spacial score (nSPS) is 14.0. The van der Waals surface area contributed by atoms with E-state index < -0.39 is 10.8 Å². The molecule has 1 N–H and O–H groups in total. The van der Waals surface area contributed by atoms with Crippen LogP contribution in [0, 0.1) is 0 Å². The van der Waals surface area contributed by atoms with Crippen molar-refractivity contribution in [2.45, 2.75) is 25.6 Å². The van der Waals surface area contributed by atoms with Gasteiger partial charge >= 0.3 is 0 Å². The largest absolute Gasteiger partial charge is 0.496 e. The van der Waals surface area contributed by atoms with Crippen molar-refractivity contribution in [2.75, 3.05) is 33.1 Å². The van der Waals surface area contributed by atoms with Gasteiger partial charge in [-0.1, -0.05) is 13.0 Å². The van der Waals surface area contributed by atoms with E-state index in [2.05, 4.69) is 25.2 Å². The van der Waals surface area contributed by atoms with Crippen molar-refractivity contribution in [3.05, 3.63) is 29.3 Å². The maximum absolute atomic E-state index is 12.0. The summed E-state index contributed by atoms with van der Waals surface area (Å²) in [5.41, 5.74) is 2.18. The topological polar surface area (TPSA) is 47.6 Å². The molecule has 0 bridgehead atoms. The molecule has 4 nitrogen and oxygen atoms in total. The van der Waals surface area contributed by atoms with Crippen molar-refractivity contribution in [3.8, 4) is 5.75 Å². The number of methoxy groups -OCH3 is 2. The van der Waals surface area contributed by atoms with Gasteiger partial charge in [0.2, 0.25) is 0 Å². The Morgan fingerprint density at radius 3 is 2.70 bits per heavy atom. The molecule has 0 radical (unpaired) electrons. The molecular weight excluding hydrogens is 274 g/mol. The molecule has 0 aromatic heterocycles. The first-order chi connectivity index (χ1) is 9.62. The summed E-state index contributed by atoms with van der Waals surface area (Å²) >= 11 is 0. The average Bonchev–Trinajstić information content (AvgIpc) is 2.45. The molecule has 1 aromatic rings. The molecule has 0 aliphatic carbocycles. The van der Waals surface area contributed by atoms with Gasteiger partial charge in [-0.3, -0.25) is 4.21 Å². The van der Waals surface area contributed by atoms with E-state index in [9.17, 15) is 4.21 Å². The molecule has 1 aromatic carbocycles. The predicted octanol–water partition coefficient (Wildman–Crippen LogP) is 2.26. The van der Waals surface area contributed by atoms with Gasteiger partial charge in [0.05, 0.1) is 19.5 Å². The second kappa shape index (κ2) is 9.10. The quantitative estimate of drug-likeness (QED) is 0.760. The summed E-state index contributed by atoms with van der Waals surface area (Å²) in [6.07, 6.45) is 0. The maximum Gasteiger partial charge on any atom is 0.123 e. The number of nitrogens with one attached hydrogen (secondary N) is 1. The van der Waals surface area contributed by atoms with Gasteiger partial charge in [0.1, 0.15) is 5.75 Å². The highest BCUT2D eigenvalue weighted by Crippen LogP contribution is 2.24. The molecule has 0 fully saturated rings. The smallest absolute Gasteiger partial charge is 0.123 e. The van der Waals surface area contributed by atoms with Crippen LogP contribution in [-0.4, -0.2) is 37.3 Å². The summed E-state index contributed by atoms with van der Waals surface area (Å²) in [6, 6.07) is 6.36. The molecule has 20 heavy (non-hydrogen) atoms. The SMILES string of the molecule is CCNC(C)c1ccc(OC)c(CS(=O)CCOC)c1. The van der Waals surface area contributed by atoms with Gasteiger partial charge in [-0.15, -0.1) is 0 Å². The molecule has 1 rings (SSSR count). The van der Waals surface area contributed by atoms with Gasteiger partial charge in [-0.2, -0.15) is 0 Å². The van der Waals surface area contributed by atoms with Crippen LogP contribution in [0.2, 0.25) is 0 Å². The predicted molar refractivity (Wildman–Crippen MR) is 83.7 cm³/mol. The number of hydrogen-bond acceptors (Lipinski definition) is 4. The third kappa shape index (κ3) is 5.23. The molecule has 0 amide bonds. The number of rotatable bonds is 9. The molecule has 0 saturated carbocycles. The molecule has 5 heteroatoms. The Bertz CT molecular complexity index is 437. The van der Waals surface area contributed by atoms with Crippen molar-refractivity contribution < 1.29 is 13.7 Å². The highest BCUT2D eigenvalue weighted by Gasteiger charge is 2.11. The molecule has 2 atom stereocenters. The molecule has 0 heterocycles. The second-order valence-electron chi connectivity index (χ2n) is 4.63. The molecule has 2 unspecified atom stereocenters. The van der Waals surface area contributed by atoms with E-state index in [1.165, 1.54) is 5.56 Å². The lowest BCUT2D eigenvalue weighted by atomic mass is 10.0. The molecule has 0 aliphatic rings. The van der Waals surface area contributed by atoms with Crippen LogP contribution in [0.3, 0.4) is 0 Å². The van der Waals surface area contributed by atoms with Crippen LogP contribution >= 0.6 is 0 Å². The molecule has 0 spiro atoms. The van der Waals surface area contributed by atoms with E-state index >= 15 is 0 Å². The Hall–Kier alpha value is -0.910. The third-order valence-corrected chi connectivity index (χ3v) is 4.40. The number of ether oxygens (including phenoxy) is 2. The minimum Gasteiger partial charge on any atom is -0.496 e. The lowest BCUT2D eigenvalue weighted by Crippen LogP contribution is -2.18. The molecular formula is C15H25NO3S. The Labute approximate surface area is 124 Å². The van der Waals surface area contributed by atoms with Gasteiger partial charge in [0.15, 0.2) is 0 Å². The lowest BCUT2D eigenvalue weighted by Gasteiger charge is -2.16. The van der Waals surface area contributed by atoms with Crippen LogP contribution in [0.25, 0.3) is 0 Å². The van der Waals surface area contributed by atoms with E-state index in [1.807, 2.05) is 12.1 Å². The summed E-state index contributed by atoms with van der Waals surface area (Å²) < 4.78 is 22.3. The van der Waals surface area contributed by atoms with Crippen molar-refractivity contribution in [1.82, 2.24) is 5.32 Å². The van der Waals surface area contributed by atoms with E-state index in [-0.39, 0.29) is 6.04 Å². The molecule has 0 aliphatic heterocycles. The van der Waals surface area contributed by atoms with Gasteiger partial charge in [0.25, 0.3) is 0 Å². The summed E-state index contributed by atoms with van der Waals surface area (Å²) in [7, 11) is 2.33. The maximum atomic E-state index is 12.0. The van der Waals surface area contributed by atoms with E-state index in [4.69, 9.17) is 9.47 Å². The first-order valence-corrected chi connectivity index (χ1v) is 8.35. The highest BCUT2D eigenvalue weighted by molar-refractivity contribution is 7.84. The summed E-state index contributed by atoms with van der Waals surface area (Å²) in [4.78, 5) is 0. The van der Waals surface area contributed by atoms with E-state index in [1.54, 1.807) is 14.2 Å². The van der Waals surface area contributed by atoms with Gasteiger partial charge in [-0.25, -0.2) is 0 Å². The van der Waals surface area contributed by atoms with Gasteiger partial charge in [-0.05, 0) is 31.2 Å². The monoisotopic (exact) mass is 299 g/mol. The van der Waals surface area contributed by atoms with Crippen LogP contribution < -0.4 is 10.1 Å². The number of benzene rings is 1. The van der Waals surface area contributed by atoms with Gasteiger partial charge in [0, 0.05) is 35.3 Å². The van der Waals surface area contributed by atoms with Crippen LogP contribution in [0.5, 0.6) is 5.75 Å². The minimum absolute atomic E-state index is 0.275. The third-order valence-electron chi connectivity index (χ3n) is 3.15. The zero-order valence-corrected chi connectivity index (χ0v) is 13.6. The Morgan fingerprint density at radius 2 is 2.10 bits per heavy atom. The summed E-state index contributed by atoms with van der Waals surface area (Å²) in [5, 5.41) is 3.38. The van der Waals surface area contributed by atoms with Gasteiger partial charge < -0.3 is 14.8 Å². The number of hydrogen-bond donors (Lipinski definition) is 1. The van der Waals surface area contributed by atoms with Crippen molar-refractivity contribution >= 4 is 10.8 Å². The first kappa shape index (κ1) is 17.1. The van der Waals surface area contributed by atoms with Crippen molar-refractivity contribution in [1.29, 1.82) is 0 Å². The fourth-order valence-corrected chi connectivity index (χ4v) is 3.10. The zero-order chi connectivity index (χ0) is 15.0. The van der Waals surface area contributed by atoms with Crippen LogP contribution in [-0.2, 0) is 21.3 Å². The minimum atomic E-state index is -0.933. The first-order valence-electron chi connectivity index (χ1n) is 6.86. The van der Waals surface area contributed by atoms with Crippen LogP contribution in [0.1, 0.15) is 31.0 Å². The lowest BCUT2D eigenvalue weighted by molar-refractivity contribution is 0.218. The summed E-state index contributed by atoms with van der Waals surface area (Å²) in [6.45, 7) is 5.64. The fourth-order valence-electron chi connectivity index (χ4n) is 2.03. The molecule has 0 saturated heterocycles. The van der Waals surface area contributed by atoms with Crippen LogP contribution in [0.4, 0.5) is 0 Å². The highest BCUT2D eigenvalue weighted by atomic mass is 32.2. The Balaban J connectivity index is 2.85.